The second kappa shape index (κ2) is 7.55. The Kier molecular flexibility index (Phi) is 5.71. The fraction of sp³-hybridized carbons (Fsp3) is 0.235. The molecule has 2 aromatic carbocycles. The molecule has 2 rings (SSSR count). The number of carboxylic acid groups (broad SMARTS) is 1. The molecule has 0 fully saturated rings. The van der Waals surface area contributed by atoms with Gasteiger partial charge in [0.25, 0.3) is 0 Å². The molecule has 0 aromatic heterocycles. The van der Waals surface area contributed by atoms with E-state index in [1.54, 1.807) is 30.3 Å². The van der Waals surface area contributed by atoms with E-state index in [1.165, 1.54) is 17.8 Å². The summed E-state index contributed by atoms with van der Waals surface area (Å²) in [5, 5.41) is 8.38. The summed E-state index contributed by atoms with van der Waals surface area (Å²) in [5.74, 6) is -0.620. The number of carboxylic acids is 1. The van der Waals surface area contributed by atoms with Gasteiger partial charge in [-0.15, -0.1) is 11.8 Å². The number of hydrogen-bond donors (Lipinski definition) is 1. The average molecular weight is 339 g/mol. The number of alkyl halides is 3. The average Bonchev–Trinajstić information content (AvgIpc) is 2.51. The molecule has 2 nitrogen and oxygen atoms in total. The first-order chi connectivity index (χ1) is 10.9. The summed E-state index contributed by atoms with van der Waals surface area (Å²) in [6.07, 6.45) is -4.45. The van der Waals surface area contributed by atoms with Crippen molar-refractivity contribution in [2.24, 2.45) is 0 Å². The molecule has 1 N–H and O–H groups in total. The van der Waals surface area contributed by atoms with Crippen molar-refractivity contribution >= 4 is 17.7 Å². The lowest BCUT2D eigenvalue weighted by molar-refractivity contribution is -0.138. The molecule has 0 spiro atoms. The molecule has 0 heterocycles. The molecule has 1 unspecified atom stereocenters. The zero-order valence-electron chi connectivity index (χ0n) is 12.0. The van der Waals surface area contributed by atoms with Crippen LogP contribution in [0.15, 0.2) is 48.5 Å². The van der Waals surface area contributed by atoms with Gasteiger partial charge in [-0.25, -0.2) is 0 Å². The van der Waals surface area contributed by atoms with Gasteiger partial charge in [-0.3, -0.25) is 4.79 Å². The van der Waals surface area contributed by atoms with Gasteiger partial charge in [0.15, 0.2) is 0 Å². The quantitative estimate of drug-likeness (QED) is 0.821. The summed E-state index contributed by atoms with van der Waals surface area (Å²) >= 11 is 1.31. The van der Waals surface area contributed by atoms with E-state index >= 15 is 0 Å². The standard InChI is InChI=1S/C17H14F3O2S/c18-17(19,20)14-8-4-7-13(11-14)16(23-10-9-15(21)22)12-5-2-1-3-6-12/h1-2,4-8,11,16H,9-10H2,(H,21,22). The summed E-state index contributed by atoms with van der Waals surface area (Å²) in [5.41, 5.74) is 0.579. The van der Waals surface area contributed by atoms with Crippen molar-refractivity contribution in [3.8, 4) is 0 Å². The largest absolute Gasteiger partial charge is 0.481 e. The normalized spacial score (nSPS) is 12.8. The number of rotatable bonds is 6. The molecule has 0 aliphatic heterocycles. The summed E-state index contributed by atoms with van der Waals surface area (Å²) in [6.45, 7) is 0. The van der Waals surface area contributed by atoms with Crippen molar-refractivity contribution in [3.63, 3.8) is 0 Å². The van der Waals surface area contributed by atoms with Gasteiger partial charge in [0.05, 0.1) is 17.2 Å². The third kappa shape index (κ3) is 5.03. The van der Waals surface area contributed by atoms with E-state index in [2.05, 4.69) is 6.07 Å². The predicted octanol–water partition coefficient (Wildman–Crippen LogP) is 4.80. The first-order valence-corrected chi connectivity index (χ1v) is 7.89. The minimum absolute atomic E-state index is 0.0450. The van der Waals surface area contributed by atoms with E-state index in [9.17, 15) is 18.0 Å². The van der Waals surface area contributed by atoms with Crippen molar-refractivity contribution in [1.82, 2.24) is 0 Å². The Morgan fingerprint density at radius 3 is 2.57 bits per heavy atom. The number of thioether (sulfide) groups is 1. The third-order valence-corrected chi connectivity index (χ3v) is 4.47. The fourth-order valence-electron chi connectivity index (χ4n) is 2.10. The first-order valence-electron chi connectivity index (χ1n) is 6.84. The Morgan fingerprint density at radius 2 is 1.96 bits per heavy atom. The molecule has 121 valence electrons. The van der Waals surface area contributed by atoms with E-state index in [1.807, 2.05) is 0 Å². The van der Waals surface area contributed by atoms with Gasteiger partial charge in [-0.2, -0.15) is 13.2 Å². The van der Waals surface area contributed by atoms with E-state index in [0.717, 1.165) is 17.7 Å². The zero-order chi connectivity index (χ0) is 16.9. The van der Waals surface area contributed by atoms with Gasteiger partial charge in [0, 0.05) is 5.75 Å². The van der Waals surface area contributed by atoms with E-state index < -0.39 is 17.7 Å². The Morgan fingerprint density at radius 1 is 1.22 bits per heavy atom. The fourth-order valence-corrected chi connectivity index (χ4v) is 3.30. The third-order valence-electron chi connectivity index (χ3n) is 3.15. The lowest BCUT2D eigenvalue weighted by atomic mass is 10.0. The van der Waals surface area contributed by atoms with Crippen LogP contribution in [0.2, 0.25) is 0 Å². The summed E-state index contributed by atoms with van der Waals surface area (Å²) < 4.78 is 38.7. The lowest BCUT2D eigenvalue weighted by Gasteiger charge is -2.19. The van der Waals surface area contributed by atoms with Crippen LogP contribution in [0.5, 0.6) is 0 Å². The van der Waals surface area contributed by atoms with Crippen LogP contribution in [0.4, 0.5) is 13.2 Å². The zero-order valence-corrected chi connectivity index (χ0v) is 12.8. The molecule has 1 radical (unpaired) electrons. The monoisotopic (exact) mass is 339 g/mol. The van der Waals surface area contributed by atoms with Crippen molar-refractivity contribution in [2.75, 3.05) is 5.75 Å². The predicted molar refractivity (Wildman–Crippen MR) is 83.3 cm³/mol. The van der Waals surface area contributed by atoms with Crippen molar-refractivity contribution in [2.45, 2.75) is 17.8 Å². The molecule has 0 aliphatic rings. The van der Waals surface area contributed by atoms with E-state index in [0.29, 0.717) is 11.3 Å². The molecule has 23 heavy (non-hydrogen) atoms. The number of carbonyl (C=O) groups is 1. The summed E-state index contributed by atoms with van der Waals surface area (Å²) in [4.78, 5) is 10.7. The molecule has 0 bridgehead atoms. The van der Waals surface area contributed by atoms with Gasteiger partial charge >= 0.3 is 12.1 Å². The van der Waals surface area contributed by atoms with Gasteiger partial charge in [-0.1, -0.05) is 36.4 Å². The minimum atomic E-state index is -4.41. The molecule has 6 heteroatoms. The second-order valence-corrected chi connectivity index (χ2v) is 6.07. The van der Waals surface area contributed by atoms with Gasteiger partial charge in [-0.05, 0) is 29.3 Å². The van der Waals surface area contributed by atoms with Crippen LogP contribution in [-0.2, 0) is 11.0 Å². The van der Waals surface area contributed by atoms with Gasteiger partial charge < -0.3 is 5.11 Å². The van der Waals surface area contributed by atoms with Crippen molar-refractivity contribution < 1.29 is 23.1 Å². The Balaban J connectivity index is 2.31. The van der Waals surface area contributed by atoms with Crippen LogP contribution in [0.1, 0.15) is 28.4 Å². The SMILES string of the molecule is O=C(O)CCSC(c1c[c]ccc1)c1cccc(C(F)(F)F)c1. The molecule has 1 atom stereocenters. The number of aliphatic carboxylic acids is 1. The Bertz CT molecular complexity index is 656. The summed E-state index contributed by atoms with van der Waals surface area (Å²) in [7, 11) is 0. The molecular formula is C17H14F3O2S. The molecule has 0 saturated carbocycles. The highest BCUT2D eigenvalue weighted by molar-refractivity contribution is 7.99. The number of benzene rings is 2. The maximum atomic E-state index is 12.9. The lowest BCUT2D eigenvalue weighted by Crippen LogP contribution is -2.07. The van der Waals surface area contributed by atoms with Crippen LogP contribution >= 0.6 is 11.8 Å². The second-order valence-electron chi connectivity index (χ2n) is 4.85. The summed E-state index contributed by atoms with van der Waals surface area (Å²) in [6, 6.07) is 15.0. The highest BCUT2D eigenvalue weighted by Crippen LogP contribution is 2.38. The van der Waals surface area contributed by atoms with Gasteiger partial charge in [0.2, 0.25) is 0 Å². The maximum absolute atomic E-state index is 12.9. The minimum Gasteiger partial charge on any atom is -0.481 e. The highest BCUT2D eigenvalue weighted by atomic mass is 32.2. The molecule has 0 saturated heterocycles. The smallest absolute Gasteiger partial charge is 0.416 e. The maximum Gasteiger partial charge on any atom is 0.416 e. The van der Waals surface area contributed by atoms with Crippen LogP contribution < -0.4 is 0 Å². The van der Waals surface area contributed by atoms with Crippen LogP contribution in [0.3, 0.4) is 0 Å². The molecule has 0 amide bonds. The van der Waals surface area contributed by atoms with Gasteiger partial charge in [0.1, 0.15) is 0 Å². The van der Waals surface area contributed by atoms with Crippen LogP contribution in [0, 0.1) is 6.07 Å². The molecular weight excluding hydrogens is 325 g/mol. The van der Waals surface area contributed by atoms with Crippen molar-refractivity contribution in [1.29, 1.82) is 0 Å². The molecule has 0 aliphatic carbocycles. The topological polar surface area (TPSA) is 37.3 Å². The van der Waals surface area contributed by atoms with E-state index in [-0.39, 0.29) is 11.7 Å². The number of halogens is 3. The Labute approximate surface area is 136 Å². The van der Waals surface area contributed by atoms with Crippen molar-refractivity contribution in [3.05, 3.63) is 71.3 Å². The van der Waals surface area contributed by atoms with E-state index in [4.69, 9.17) is 5.11 Å². The number of hydrogen-bond acceptors (Lipinski definition) is 2. The van der Waals surface area contributed by atoms with Crippen LogP contribution in [0.25, 0.3) is 0 Å². The Hall–Kier alpha value is -1.95. The van der Waals surface area contributed by atoms with Crippen LogP contribution in [-0.4, -0.2) is 16.8 Å². The molecule has 2 aromatic rings. The first kappa shape index (κ1) is 17.4. The highest BCUT2D eigenvalue weighted by Gasteiger charge is 2.31.